The molecule has 4 aromatic rings. The van der Waals surface area contributed by atoms with E-state index < -0.39 is 11.9 Å². The molecule has 0 atom stereocenters. The van der Waals surface area contributed by atoms with Gasteiger partial charge in [0.25, 0.3) is 5.91 Å². The van der Waals surface area contributed by atoms with E-state index in [4.69, 9.17) is 20.8 Å². The van der Waals surface area contributed by atoms with Gasteiger partial charge in [-0.1, -0.05) is 11.6 Å². The van der Waals surface area contributed by atoms with Crippen LogP contribution in [0.1, 0.15) is 26.5 Å². The second-order valence-electron chi connectivity index (χ2n) is 5.87. The Morgan fingerprint density at radius 1 is 1.32 bits per heavy atom. The molecule has 0 fully saturated rings. The number of carboxylic acid groups (broad SMARTS) is 1. The number of benzene rings is 1. The number of rotatable bonds is 5. The molecule has 4 rings (SSSR count). The normalized spacial score (nSPS) is 11.1. The molecule has 1 aromatic carbocycles. The Kier molecular flexibility index (Phi) is 4.36. The van der Waals surface area contributed by atoms with Crippen molar-refractivity contribution < 1.29 is 23.8 Å². The van der Waals surface area contributed by atoms with E-state index in [2.05, 4.69) is 15.4 Å². The van der Waals surface area contributed by atoms with E-state index in [-0.39, 0.29) is 28.3 Å². The molecule has 0 bridgehead atoms. The molecule has 0 saturated heterocycles. The fourth-order valence-electron chi connectivity index (χ4n) is 2.80. The number of amides is 1. The maximum Gasteiger partial charge on any atom is 0.339 e. The van der Waals surface area contributed by atoms with Gasteiger partial charge in [0.1, 0.15) is 22.5 Å². The summed E-state index contributed by atoms with van der Waals surface area (Å²) < 4.78 is 12.1. The maximum absolute atomic E-state index is 12.5. The number of halogens is 1. The molecule has 3 aromatic heterocycles. The van der Waals surface area contributed by atoms with Crippen molar-refractivity contribution in [3.8, 4) is 5.88 Å². The van der Waals surface area contributed by atoms with Crippen molar-refractivity contribution >= 4 is 40.1 Å². The number of methoxy groups -OCH3 is 1. The molecule has 0 spiro atoms. The van der Waals surface area contributed by atoms with Crippen molar-refractivity contribution in [3.05, 3.63) is 58.6 Å². The minimum absolute atomic E-state index is 0.0426. The van der Waals surface area contributed by atoms with Gasteiger partial charge in [-0.3, -0.25) is 4.79 Å². The third kappa shape index (κ3) is 3.12. The van der Waals surface area contributed by atoms with Crippen molar-refractivity contribution in [1.82, 2.24) is 19.9 Å². The Balaban J connectivity index is 1.59. The van der Waals surface area contributed by atoms with E-state index >= 15 is 0 Å². The molecule has 0 aliphatic heterocycles. The molecule has 0 radical (unpaired) electrons. The van der Waals surface area contributed by atoms with Crippen molar-refractivity contribution in [2.45, 2.75) is 6.54 Å². The molecule has 0 saturated carbocycles. The molecule has 0 aliphatic carbocycles. The molecular weight excluding hydrogens is 388 g/mol. The van der Waals surface area contributed by atoms with Gasteiger partial charge >= 0.3 is 5.97 Å². The summed E-state index contributed by atoms with van der Waals surface area (Å²) in [4.78, 5) is 28.1. The summed E-state index contributed by atoms with van der Waals surface area (Å²) in [7, 11) is 1.48. The topological polar surface area (TPSA) is 119 Å². The summed E-state index contributed by atoms with van der Waals surface area (Å²) in [5.74, 6) is -0.816. The Morgan fingerprint density at radius 2 is 2.14 bits per heavy atom. The number of hydrogen-bond donors (Lipinski definition) is 2. The van der Waals surface area contributed by atoms with Gasteiger partial charge in [0.15, 0.2) is 5.65 Å². The first kappa shape index (κ1) is 17.8. The highest BCUT2D eigenvalue weighted by Gasteiger charge is 2.18. The fraction of sp³-hybridized carbons (Fsp3) is 0.111. The van der Waals surface area contributed by atoms with Crippen LogP contribution in [0.3, 0.4) is 0 Å². The number of carbonyl (C=O) groups excluding carboxylic acids is 1. The van der Waals surface area contributed by atoms with Gasteiger partial charge in [-0.2, -0.15) is 10.1 Å². The van der Waals surface area contributed by atoms with Gasteiger partial charge in [0.2, 0.25) is 5.88 Å². The number of aromatic carboxylic acids is 1. The molecule has 28 heavy (non-hydrogen) atoms. The maximum atomic E-state index is 12.5. The van der Waals surface area contributed by atoms with Crippen LogP contribution in [0.4, 0.5) is 0 Å². The number of ether oxygens (including phenoxy) is 1. The minimum atomic E-state index is -1.15. The van der Waals surface area contributed by atoms with E-state index in [0.29, 0.717) is 22.7 Å². The van der Waals surface area contributed by atoms with Crippen LogP contribution in [0.15, 0.2) is 41.1 Å². The molecule has 142 valence electrons. The first-order valence-corrected chi connectivity index (χ1v) is 8.46. The first-order valence-electron chi connectivity index (χ1n) is 8.08. The van der Waals surface area contributed by atoms with Crippen LogP contribution in [0.5, 0.6) is 5.88 Å². The van der Waals surface area contributed by atoms with E-state index in [1.165, 1.54) is 23.9 Å². The number of aromatic nitrogens is 3. The average molecular weight is 401 g/mol. The van der Waals surface area contributed by atoms with Crippen LogP contribution in [-0.2, 0) is 6.54 Å². The fourth-order valence-corrected chi connectivity index (χ4v) is 3.03. The highest BCUT2D eigenvalue weighted by Crippen LogP contribution is 2.27. The van der Waals surface area contributed by atoms with Crippen LogP contribution in [0, 0.1) is 0 Å². The van der Waals surface area contributed by atoms with Crippen molar-refractivity contribution in [1.29, 1.82) is 0 Å². The molecule has 10 heteroatoms. The molecule has 9 nitrogen and oxygen atoms in total. The Hall–Kier alpha value is -3.59. The molecule has 0 unspecified atom stereocenters. The smallest absolute Gasteiger partial charge is 0.339 e. The van der Waals surface area contributed by atoms with Gasteiger partial charge in [-0.25, -0.2) is 9.31 Å². The minimum Gasteiger partial charge on any atom is -0.481 e. The lowest BCUT2D eigenvalue weighted by molar-refractivity contribution is 0.0697. The van der Waals surface area contributed by atoms with Crippen LogP contribution >= 0.6 is 11.6 Å². The molecule has 3 heterocycles. The van der Waals surface area contributed by atoms with E-state index in [1.807, 2.05) is 0 Å². The zero-order chi connectivity index (χ0) is 19.8. The van der Waals surface area contributed by atoms with Crippen molar-refractivity contribution in [3.63, 3.8) is 0 Å². The number of nitrogens with zero attached hydrogens (tertiary/aromatic N) is 3. The number of hydrogen-bond acceptors (Lipinski definition) is 6. The highest BCUT2D eigenvalue weighted by atomic mass is 35.5. The molecule has 2 N–H and O–H groups in total. The molecule has 1 amide bonds. The van der Waals surface area contributed by atoms with Crippen LogP contribution < -0.4 is 10.1 Å². The van der Waals surface area contributed by atoms with Gasteiger partial charge < -0.3 is 19.6 Å². The number of furan rings is 1. The van der Waals surface area contributed by atoms with E-state index in [0.717, 1.165) is 0 Å². The summed E-state index contributed by atoms with van der Waals surface area (Å²) in [5, 5.41) is 16.9. The highest BCUT2D eigenvalue weighted by molar-refractivity contribution is 6.32. The molecule has 0 aliphatic rings. The SMILES string of the molecule is COc1ccn2ncc(C(=O)NCc3cc4cc(Cl)cc(C(=O)O)c4o3)c2n1. The van der Waals surface area contributed by atoms with Gasteiger partial charge in [-0.05, 0) is 18.2 Å². The quantitative estimate of drug-likeness (QED) is 0.528. The predicted octanol–water partition coefficient (Wildman–Crippen LogP) is 2.77. The summed E-state index contributed by atoms with van der Waals surface area (Å²) >= 11 is 5.95. The van der Waals surface area contributed by atoms with Crippen LogP contribution in [0.2, 0.25) is 5.02 Å². The van der Waals surface area contributed by atoms with Gasteiger partial charge in [0.05, 0.1) is 19.9 Å². The summed E-state index contributed by atoms with van der Waals surface area (Å²) in [6, 6.07) is 6.17. The van der Waals surface area contributed by atoms with Crippen molar-refractivity contribution in [2.24, 2.45) is 0 Å². The Morgan fingerprint density at radius 3 is 2.89 bits per heavy atom. The molecular formula is C18H13ClN4O5. The summed E-state index contributed by atoms with van der Waals surface area (Å²) in [5.41, 5.74) is 0.771. The number of fused-ring (bicyclic) bond motifs is 2. The van der Waals surface area contributed by atoms with Crippen molar-refractivity contribution in [2.75, 3.05) is 7.11 Å². The summed E-state index contributed by atoms with van der Waals surface area (Å²) in [6.45, 7) is 0.0471. The lowest BCUT2D eigenvalue weighted by atomic mass is 10.1. The zero-order valence-electron chi connectivity index (χ0n) is 14.5. The number of carboxylic acids is 1. The lowest BCUT2D eigenvalue weighted by Gasteiger charge is -2.03. The predicted molar refractivity (Wildman–Crippen MR) is 98.9 cm³/mol. The van der Waals surface area contributed by atoms with Crippen LogP contribution in [-0.4, -0.2) is 38.7 Å². The first-order chi connectivity index (χ1) is 13.5. The standard InChI is InChI=1S/C18H13ClN4O5/c1-27-14-2-3-23-16(22-14)13(8-21-23)17(24)20-7-11-5-9-4-10(19)6-12(18(25)26)15(9)28-11/h2-6,8H,7H2,1H3,(H,20,24)(H,25,26). The van der Waals surface area contributed by atoms with E-state index in [1.54, 1.807) is 24.4 Å². The average Bonchev–Trinajstić information content (AvgIpc) is 3.28. The number of carbonyl (C=O) groups is 2. The second-order valence-corrected chi connectivity index (χ2v) is 6.31. The van der Waals surface area contributed by atoms with Crippen LogP contribution in [0.25, 0.3) is 16.6 Å². The second kappa shape index (κ2) is 6.86. The third-order valence-electron chi connectivity index (χ3n) is 4.08. The monoisotopic (exact) mass is 400 g/mol. The number of nitrogens with one attached hydrogen (secondary N) is 1. The largest absolute Gasteiger partial charge is 0.481 e. The summed E-state index contributed by atoms with van der Waals surface area (Å²) in [6.07, 6.45) is 3.03. The Labute approximate surface area is 162 Å². The Bertz CT molecular complexity index is 1230. The third-order valence-corrected chi connectivity index (χ3v) is 4.30. The zero-order valence-corrected chi connectivity index (χ0v) is 15.2. The van der Waals surface area contributed by atoms with Gasteiger partial charge in [0, 0.05) is 22.7 Å². The lowest BCUT2D eigenvalue weighted by Crippen LogP contribution is -2.22. The van der Waals surface area contributed by atoms with Gasteiger partial charge in [-0.15, -0.1) is 0 Å². The van der Waals surface area contributed by atoms with E-state index in [9.17, 15) is 14.7 Å².